The zero-order valence-electron chi connectivity index (χ0n) is 9.28. The van der Waals surface area contributed by atoms with Gasteiger partial charge in [-0.2, -0.15) is 0 Å². The van der Waals surface area contributed by atoms with Crippen LogP contribution in [0.2, 0.25) is 0 Å². The first-order valence-corrected chi connectivity index (χ1v) is 8.37. The minimum absolute atomic E-state index is 0.300. The van der Waals surface area contributed by atoms with E-state index in [9.17, 15) is 8.42 Å². The Morgan fingerprint density at radius 2 is 2.20 bits per heavy atom. The summed E-state index contributed by atoms with van der Waals surface area (Å²) in [7, 11) is -2.97. The van der Waals surface area contributed by atoms with Crippen molar-refractivity contribution in [1.29, 1.82) is 0 Å². The predicted molar refractivity (Wildman–Crippen MR) is 66.8 cm³/mol. The molecule has 0 saturated carbocycles. The highest BCUT2D eigenvalue weighted by molar-refractivity contribution is 9.09. The molecule has 1 heterocycles. The molecule has 5 heteroatoms. The number of halogens is 1. The van der Waals surface area contributed by atoms with Gasteiger partial charge in [-0.15, -0.1) is 0 Å². The van der Waals surface area contributed by atoms with Gasteiger partial charge in [0.15, 0.2) is 0 Å². The molecule has 0 bridgehead atoms. The van der Waals surface area contributed by atoms with Gasteiger partial charge < -0.3 is 0 Å². The molecule has 0 radical (unpaired) electrons. The van der Waals surface area contributed by atoms with Crippen molar-refractivity contribution in [2.45, 2.75) is 32.6 Å². The molecule has 0 amide bonds. The number of hydrogen-bond donors (Lipinski definition) is 0. The molecule has 1 fully saturated rings. The van der Waals surface area contributed by atoms with Crippen molar-refractivity contribution in [3.05, 3.63) is 0 Å². The molecule has 1 rings (SSSR count). The second-order valence-corrected chi connectivity index (χ2v) is 7.04. The van der Waals surface area contributed by atoms with Crippen LogP contribution in [-0.4, -0.2) is 36.9 Å². The molecule has 0 aromatic rings. The molecule has 1 unspecified atom stereocenters. The Bertz CT molecular complexity index is 277. The van der Waals surface area contributed by atoms with E-state index in [1.54, 1.807) is 4.31 Å². The number of alkyl halides is 1. The zero-order valence-corrected chi connectivity index (χ0v) is 11.7. The summed E-state index contributed by atoms with van der Waals surface area (Å²) in [6.07, 6.45) is 3.98. The third-order valence-electron chi connectivity index (χ3n) is 2.85. The summed E-state index contributed by atoms with van der Waals surface area (Å²) in [6.45, 7) is 3.37. The van der Waals surface area contributed by atoms with Crippen molar-refractivity contribution in [2.24, 2.45) is 5.92 Å². The van der Waals surface area contributed by atoms with Gasteiger partial charge >= 0.3 is 0 Å². The summed E-state index contributed by atoms with van der Waals surface area (Å²) in [5.74, 6) is 0.846. The quantitative estimate of drug-likeness (QED) is 0.730. The van der Waals surface area contributed by atoms with E-state index in [-0.39, 0.29) is 0 Å². The molecule has 0 aromatic carbocycles. The third-order valence-corrected chi connectivity index (χ3v) is 5.35. The van der Waals surface area contributed by atoms with Crippen LogP contribution in [0, 0.1) is 5.92 Å². The highest BCUT2D eigenvalue weighted by Crippen LogP contribution is 2.22. The van der Waals surface area contributed by atoms with Crippen LogP contribution in [0.25, 0.3) is 0 Å². The van der Waals surface area contributed by atoms with Crippen molar-refractivity contribution in [3.63, 3.8) is 0 Å². The van der Waals surface area contributed by atoms with Crippen LogP contribution >= 0.6 is 15.9 Å². The molecule has 0 aliphatic carbocycles. The van der Waals surface area contributed by atoms with Gasteiger partial charge in [-0.25, -0.2) is 12.7 Å². The van der Waals surface area contributed by atoms with E-state index in [0.29, 0.717) is 18.1 Å². The molecular weight excluding hydrogens is 278 g/mol. The summed E-state index contributed by atoms with van der Waals surface area (Å²) >= 11 is 3.42. The van der Waals surface area contributed by atoms with Gasteiger partial charge in [-0.05, 0) is 31.6 Å². The average Bonchev–Trinajstić information content (AvgIpc) is 2.19. The first-order chi connectivity index (χ1) is 7.10. The average molecular weight is 298 g/mol. The molecule has 1 aliphatic rings. The standard InChI is InChI=1S/C10H20BrNO2S/c1-2-8-15(13,14)12-7-3-4-10(9-12)5-6-11/h10H,2-9H2,1H3. The molecule has 15 heavy (non-hydrogen) atoms. The number of rotatable bonds is 5. The van der Waals surface area contributed by atoms with E-state index in [2.05, 4.69) is 15.9 Å². The fourth-order valence-corrected chi connectivity index (χ4v) is 4.32. The van der Waals surface area contributed by atoms with Crippen LogP contribution < -0.4 is 0 Å². The highest BCUT2D eigenvalue weighted by atomic mass is 79.9. The summed E-state index contributed by atoms with van der Waals surface area (Å²) in [6, 6.07) is 0. The lowest BCUT2D eigenvalue weighted by atomic mass is 9.97. The fourth-order valence-electron chi connectivity index (χ4n) is 2.06. The Morgan fingerprint density at radius 3 is 2.80 bits per heavy atom. The summed E-state index contributed by atoms with van der Waals surface area (Å²) < 4.78 is 25.4. The second-order valence-electron chi connectivity index (χ2n) is 4.16. The number of nitrogens with zero attached hydrogens (tertiary/aromatic N) is 1. The fraction of sp³-hybridized carbons (Fsp3) is 1.00. The normalized spacial score (nSPS) is 24.3. The lowest BCUT2D eigenvalue weighted by Gasteiger charge is -2.31. The maximum atomic E-state index is 11.8. The second kappa shape index (κ2) is 6.21. The SMILES string of the molecule is CCCS(=O)(=O)N1CCCC(CCBr)C1. The predicted octanol–water partition coefficient (Wildman–Crippen LogP) is 2.22. The van der Waals surface area contributed by atoms with Crippen LogP contribution in [-0.2, 0) is 10.0 Å². The van der Waals surface area contributed by atoms with Crippen LogP contribution in [0.1, 0.15) is 32.6 Å². The Balaban J connectivity index is 2.55. The maximum Gasteiger partial charge on any atom is 0.214 e. The molecule has 0 spiro atoms. The Morgan fingerprint density at radius 1 is 1.47 bits per heavy atom. The van der Waals surface area contributed by atoms with Gasteiger partial charge in [0.2, 0.25) is 10.0 Å². The van der Waals surface area contributed by atoms with Crippen LogP contribution in [0.4, 0.5) is 0 Å². The van der Waals surface area contributed by atoms with Crippen molar-refractivity contribution in [2.75, 3.05) is 24.2 Å². The molecule has 1 saturated heterocycles. The van der Waals surface area contributed by atoms with Crippen LogP contribution in [0.3, 0.4) is 0 Å². The van der Waals surface area contributed by atoms with E-state index in [4.69, 9.17) is 0 Å². The smallest absolute Gasteiger partial charge is 0.212 e. The number of hydrogen-bond acceptors (Lipinski definition) is 2. The summed E-state index contributed by atoms with van der Waals surface area (Å²) in [5.41, 5.74) is 0. The van der Waals surface area contributed by atoms with E-state index in [0.717, 1.165) is 31.3 Å². The monoisotopic (exact) mass is 297 g/mol. The van der Waals surface area contributed by atoms with Gasteiger partial charge in [-0.1, -0.05) is 22.9 Å². The van der Waals surface area contributed by atoms with Gasteiger partial charge in [0.05, 0.1) is 5.75 Å². The van der Waals surface area contributed by atoms with Gasteiger partial charge in [0, 0.05) is 18.4 Å². The molecule has 0 aromatic heterocycles. The van der Waals surface area contributed by atoms with Crippen molar-refractivity contribution < 1.29 is 8.42 Å². The topological polar surface area (TPSA) is 37.4 Å². The Labute approximate surface area is 101 Å². The first-order valence-electron chi connectivity index (χ1n) is 5.64. The largest absolute Gasteiger partial charge is 0.214 e. The summed E-state index contributed by atoms with van der Waals surface area (Å²) in [5, 5.41) is 0.972. The van der Waals surface area contributed by atoms with Crippen molar-refractivity contribution in [1.82, 2.24) is 4.31 Å². The van der Waals surface area contributed by atoms with E-state index >= 15 is 0 Å². The molecule has 0 N–H and O–H groups in total. The maximum absolute atomic E-state index is 11.8. The third kappa shape index (κ3) is 4.04. The highest BCUT2D eigenvalue weighted by Gasteiger charge is 2.27. The van der Waals surface area contributed by atoms with Gasteiger partial charge in [0.1, 0.15) is 0 Å². The molecule has 3 nitrogen and oxygen atoms in total. The first kappa shape index (κ1) is 13.5. The van der Waals surface area contributed by atoms with Crippen LogP contribution in [0.5, 0.6) is 0 Å². The number of piperidine rings is 1. The minimum Gasteiger partial charge on any atom is -0.212 e. The minimum atomic E-state index is -2.97. The van der Waals surface area contributed by atoms with Crippen LogP contribution in [0.15, 0.2) is 0 Å². The van der Waals surface area contributed by atoms with E-state index < -0.39 is 10.0 Å². The van der Waals surface area contributed by atoms with E-state index in [1.807, 2.05) is 6.92 Å². The van der Waals surface area contributed by atoms with Crippen molar-refractivity contribution >= 4 is 26.0 Å². The molecular formula is C10H20BrNO2S. The lowest BCUT2D eigenvalue weighted by molar-refractivity contribution is 0.263. The summed E-state index contributed by atoms with van der Waals surface area (Å²) in [4.78, 5) is 0. The van der Waals surface area contributed by atoms with Gasteiger partial charge in [0.25, 0.3) is 0 Å². The molecule has 1 aliphatic heterocycles. The Hall–Kier alpha value is 0.390. The zero-order chi connectivity index (χ0) is 11.3. The number of sulfonamides is 1. The Kier molecular flexibility index (Phi) is 5.57. The van der Waals surface area contributed by atoms with Gasteiger partial charge in [-0.3, -0.25) is 0 Å². The molecule has 90 valence electrons. The van der Waals surface area contributed by atoms with Crippen molar-refractivity contribution in [3.8, 4) is 0 Å². The lowest BCUT2D eigenvalue weighted by Crippen LogP contribution is -2.41. The van der Waals surface area contributed by atoms with E-state index in [1.165, 1.54) is 6.42 Å². The molecule has 1 atom stereocenters.